The van der Waals surface area contributed by atoms with Gasteiger partial charge in [0.25, 0.3) is 0 Å². The number of rotatable bonds is 1. The fourth-order valence-corrected chi connectivity index (χ4v) is 2.14. The molecule has 2 N–H and O–H groups in total. The fourth-order valence-electron chi connectivity index (χ4n) is 2.14. The normalized spacial score (nSPS) is 27.4. The van der Waals surface area contributed by atoms with E-state index in [2.05, 4.69) is 10.6 Å². The third-order valence-electron chi connectivity index (χ3n) is 2.77. The molecule has 2 fully saturated rings. The Balaban J connectivity index is 1.75. The highest BCUT2D eigenvalue weighted by atomic mass is 16.1. The third kappa shape index (κ3) is 1.13. The number of hydrogen-bond acceptors (Lipinski definition) is 2. The zero-order chi connectivity index (χ0) is 7.90. The Bertz CT molecular complexity index is 179. The molecule has 1 saturated heterocycles. The standard InChI is InChI=1S/C8H14N2O/c1-6(11)10-7-2-8(3-7)4-9-5-8/h7,9H,2-5H2,1H3,(H,10,11). The van der Waals surface area contributed by atoms with Gasteiger partial charge >= 0.3 is 0 Å². The molecule has 11 heavy (non-hydrogen) atoms. The van der Waals surface area contributed by atoms with Crippen LogP contribution in [0.1, 0.15) is 19.8 Å². The number of hydrogen-bond donors (Lipinski definition) is 2. The highest BCUT2D eigenvalue weighted by molar-refractivity contribution is 5.73. The predicted octanol–water partition coefficient (Wildman–Crippen LogP) is -0.126. The van der Waals surface area contributed by atoms with Gasteiger partial charge in [0.15, 0.2) is 0 Å². The van der Waals surface area contributed by atoms with E-state index in [1.54, 1.807) is 6.92 Å². The Kier molecular flexibility index (Phi) is 1.42. The lowest BCUT2D eigenvalue weighted by Crippen LogP contribution is -2.65. The predicted molar refractivity (Wildman–Crippen MR) is 42.1 cm³/mol. The van der Waals surface area contributed by atoms with Gasteiger partial charge in [0, 0.05) is 26.1 Å². The largest absolute Gasteiger partial charge is 0.354 e. The SMILES string of the molecule is CC(=O)NC1CC2(CNC2)C1. The zero-order valence-electron chi connectivity index (χ0n) is 6.81. The minimum atomic E-state index is 0.108. The monoisotopic (exact) mass is 154 g/mol. The maximum atomic E-state index is 10.6. The average Bonchev–Trinajstić information content (AvgIpc) is 1.71. The molecule has 3 nitrogen and oxygen atoms in total. The molecule has 0 atom stereocenters. The van der Waals surface area contributed by atoms with Gasteiger partial charge in [-0.3, -0.25) is 4.79 Å². The number of carbonyl (C=O) groups is 1. The summed E-state index contributed by atoms with van der Waals surface area (Å²) in [6.45, 7) is 3.90. The van der Waals surface area contributed by atoms with Gasteiger partial charge in [-0.05, 0) is 18.3 Å². The summed E-state index contributed by atoms with van der Waals surface area (Å²) in [6.07, 6.45) is 2.36. The molecule has 1 saturated carbocycles. The molecular formula is C8H14N2O. The van der Waals surface area contributed by atoms with Crippen molar-refractivity contribution < 1.29 is 4.79 Å². The van der Waals surface area contributed by atoms with Crippen LogP contribution in [0.3, 0.4) is 0 Å². The van der Waals surface area contributed by atoms with E-state index in [-0.39, 0.29) is 5.91 Å². The summed E-state index contributed by atoms with van der Waals surface area (Å²) in [4.78, 5) is 10.6. The summed E-state index contributed by atoms with van der Waals surface area (Å²) in [5.74, 6) is 0.108. The molecule has 0 aromatic heterocycles. The Morgan fingerprint density at radius 3 is 2.55 bits per heavy atom. The van der Waals surface area contributed by atoms with Crippen molar-refractivity contribution in [1.29, 1.82) is 0 Å². The minimum absolute atomic E-state index is 0.108. The summed E-state index contributed by atoms with van der Waals surface area (Å²) in [6, 6.07) is 0.467. The molecule has 0 unspecified atom stereocenters. The van der Waals surface area contributed by atoms with Crippen LogP contribution in [-0.2, 0) is 4.79 Å². The first kappa shape index (κ1) is 7.10. The van der Waals surface area contributed by atoms with E-state index < -0.39 is 0 Å². The second-order valence-electron chi connectivity index (χ2n) is 3.91. The lowest BCUT2D eigenvalue weighted by atomic mass is 9.62. The lowest BCUT2D eigenvalue weighted by molar-refractivity contribution is -0.121. The molecule has 1 aliphatic carbocycles. The van der Waals surface area contributed by atoms with Gasteiger partial charge in [0.05, 0.1) is 0 Å². The Hall–Kier alpha value is -0.570. The van der Waals surface area contributed by atoms with E-state index in [1.165, 1.54) is 12.8 Å². The van der Waals surface area contributed by atoms with Crippen molar-refractivity contribution in [3.8, 4) is 0 Å². The average molecular weight is 154 g/mol. The van der Waals surface area contributed by atoms with Crippen molar-refractivity contribution in [2.45, 2.75) is 25.8 Å². The van der Waals surface area contributed by atoms with Gasteiger partial charge in [0.1, 0.15) is 0 Å². The minimum Gasteiger partial charge on any atom is -0.354 e. The van der Waals surface area contributed by atoms with Crippen LogP contribution >= 0.6 is 0 Å². The lowest BCUT2D eigenvalue weighted by Gasteiger charge is -2.54. The van der Waals surface area contributed by atoms with Gasteiger partial charge in [-0.1, -0.05) is 0 Å². The van der Waals surface area contributed by atoms with E-state index in [1.807, 2.05) is 0 Å². The summed E-state index contributed by atoms with van der Waals surface area (Å²) >= 11 is 0. The quantitative estimate of drug-likeness (QED) is 0.552. The van der Waals surface area contributed by atoms with Crippen LogP contribution in [0.2, 0.25) is 0 Å². The third-order valence-corrected chi connectivity index (χ3v) is 2.77. The fraction of sp³-hybridized carbons (Fsp3) is 0.875. The number of nitrogens with one attached hydrogen (secondary N) is 2. The zero-order valence-corrected chi connectivity index (χ0v) is 6.81. The van der Waals surface area contributed by atoms with Crippen molar-refractivity contribution >= 4 is 5.91 Å². The van der Waals surface area contributed by atoms with Gasteiger partial charge in [0.2, 0.25) is 5.91 Å². The van der Waals surface area contributed by atoms with E-state index in [9.17, 15) is 4.79 Å². The Labute approximate surface area is 66.5 Å². The van der Waals surface area contributed by atoms with Crippen molar-refractivity contribution in [1.82, 2.24) is 10.6 Å². The van der Waals surface area contributed by atoms with Crippen molar-refractivity contribution in [3.63, 3.8) is 0 Å². The molecule has 1 heterocycles. The van der Waals surface area contributed by atoms with E-state index in [0.29, 0.717) is 11.5 Å². The molecule has 3 heteroatoms. The highest BCUT2D eigenvalue weighted by Gasteiger charge is 2.48. The van der Waals surface area contributed by atoms with E-state index >= 15 is 0 Å². The molecule has 0 aromatic rings. The molecule has 0 bridgehead atoms. The first-order chi connectivity index (χ1) is 5.20. The maximum Gasteiger partial charge on any atom is 0.217 e. The van der Waals surface area contributed by atoms with E-state index in [4.69, 9.17) is 0 Å². The molecule has 0 aromatic carbocycles. The van der Waals surface area contributed by atoms with Crippen molar-refractivity contribution in [3.05, 3.63) is 0 Å². The van der Waals surface area contributed by atoms with Gasteiger partial charge in [-0.25, -0.2) is 0 Å². The topological polar surface area (TPSA) is 41.1 Å². The van der Waals surface area contributed by atoms with Gasteiger partial charge in [-0.2, -0.15) is 0 Å². The maximum absolute atomic E-state index is 10.6. The first-order valence-corrected chi connectivity index (χ1v) is 4.18. The molecule has 2 rings (SSSR count). The summed E-state index contributed by atoms with van der Waals surface area (Å²) in [5.41, 5.74) is 0.577. The molecule has 0 radical (unpaired) electrons. The molecule has 1 amide bonds. The summed E-state index contributed by atoms with van der Waals surface area (Å²) in [5, 5.41) is 6.20. The molecule has 62 valence electrons. The van der Waals surface area contributed by atoms with Gasteiger partial charge in [-0.15, -0.1) is 0 Å². The van der Waals surface area contributed by atoms with E-state index in [0.717, 1.165) is 13.1 Å². The molecular weight excluding hydrogens is 140 g/mol. The Morgan fingerprint density at radius 2 is 2.18 bits per heavy atom. The molecule has 2 aliphatic rings. The van der Waals surface area contributed by atoms with Crippen LogP contribution in [0, 0.1) is 5.41 Å². The second kappa shape index (κ2) is 2.21. The number of amides is 1. The van der Waals surface area contributed by atoms with Gasteiger partial charge < -0.3 is 10.6 Å². The molecule has 1 aliphatic heterocycles. The van der Waals surface area contributed by atoms with Crippen LogP contribution in [0.15, 0.2) is 0 Å². The number of carbonyl (C=O) groups excluding carboxylic acids is 1. The van der Waals surface area contributed by atoms with Crippen LogP contribution in [0.5, 0.6) is 0 Å². The Morgan fingerprint density at radius 1 is 1.55 bits per heavy atom. The molecule has 1 spiro atoms. The van der Waals surface area contributed by atoms with Crippen LogP contribution in [0.4, 0.5) is 0 Å². The summed E-state index contributed by atoms with van der Waals surface area (Å²) in [7, 11) is 0. The summed E-state index contributed by atoms with van der Waals surface area (Å²) < 4.78 is 0. The van der Waals surface area contributed by atoms with Crippen LogP contribution < -0.4 is 10.6 Å². The van der Waals surface area contributed by atoms with Crippen LogP contribution in [0.25, 0.3) is 0 Å². The highest BCUT2D eigenvalue weighted by Crippen LogP contribution is 2.43. The second-order valence-corrected chi connectivity index (χ2v) is 3.91. The van der Waals surface area contributed by atoms with Crippen LogP contribution in [-0.4, -0.2) is 25.0 Å². The van der Waals surface area contributed by atoms with Crippen molar-refractivity contribution in [2.24, 2.45) is 5.41 Å². The van der Waals surface area contributed by atoms with Crippen molar-refractivity contribution in [2.75, 3.05) is 13.1 Å². The smallest absolute Gasteiger partial charge is 0.217 e. The first-order valence-electron chi connectivity index (χ1n) is 4.18.